The van der Waals surface area contributed by atoms with Crippen LogP contribution in [-0.2, 0) is 23.3 Å². The van der Waals surface area contributed by atoms with Crippen molar-refractivity contribution >= 4 is 16.8 Å². The number of halogens is 1. The molecule has 1 saturated carbocycles. The summed E-state index contributed by atoms with van der Waals surface area (Å²) in [6, 6.07) is 12.6. The predicted octanol–water partition coefficient (Wildman–Crippen LogP) is 4.69. The van der Waals surface area contributed by atoms with Gasteiger partial charge < -0.3 is 15.0 Å². The van der Waals surface area contributed by atoms with Crippen molar-refractivity contribution in [3.63, 3.8) is 0 Å². The molecule has 3 aliphatic rings. The van der Waals surface area contributed by atoms with Gasteiger partial charge in [-0.1, -0.05) is 24.6 Å². The second-order valence-electron chi connectivity index (χ2n) is 10.2. The molecule has 1 saturated heterocycles. The molecule has 5 nitrogen and oxygen atoms in total. The Morgan fingerprint density at radius 3 is 2.67 bits per heavy atom. The molecule has 3 aromatic rings. The first-order chi connectivity index (χ1) is 16.0. The lowest BCUT2D eigenvalue weighted by Crippen LogP contribution is -2.53. The van der Waals surface area contributed by atoms with Gasteiger partial charge in [0, 0.05) is 72.3 Å². The summed E-state index contributed by atoms with van der Waals surface area (Å²) in [5.74, 6) is 0.646. The zero-order chi connectivity index (χ0) is 22.6. The number of benzene rings is 2. The van der Waals surface area contributed by atoms with Crippen LogP contribution in [0.3, 0.4) is 0 Å². The van der Waals surface area contributed by atoms with Gasteiger partial charge in [0.2, 0.25) is 5.91 Å². The maximum absolute atomic E-state index is 14.4. The number of phenols is 1. The SMILES string of the molecule is O=C(C1CCC1)N1CCC2(CC1)CN(Cc1ccccc1F)Cc1[nH]c3cc(O)ccc3c12. The Morgan fingerprint density at radius 1 is 1.15 bits per heavy atom. The number of nitrogens with one attached hydrogen (secondary N) is 1. The second kappa shape index (κ2) is 7.87. The van der Waals surface area contributed by atoms with Crippen molar-refractivity contribution in [3.8, 4) is 5.75 Å². The number of phenolic OH excluding ortho intramolecular Hbond substituents is 1. The van der Waals surface area contributed by atoms with Gasteiger partial charge in [-0.2, -0.15) is 0 Å². The second-order valence-corrected chi connectivity index (χ2v) is 10.2. The molecule has 0 radical (unpaired) electrons. The standard InChI is InChI=1S/C27H30FN3O2/c28-22-7-2-1-4-19(22)15-30-16-24-25(21-9-8-20(32)14-23(21)29-24)27(17-30)10-12-31(13-11-27)26(33)18-5-3-6-18/h1-2,4,7-9,14,18,29,32H,3,5-6,10-13,15-17H2. The molecular weight excluding hydrogens is 417 g/mol. The highest BCUT2D eigenvalue weighted by Gasteiger charge is 2.45. The average Bonchev–Trinajstić information content (AvgIpc) is 3.12. The summed E-state index contributed by atoms with van der Waals surface area (Å²) < 4.78 is 14.4. The average molecular weight is 448 g/mol. The van der Waals surface area contributed by atoms with Crippen molar-refractivity contribution < 1.29 is 14.3 Å². The molecule has 6 rings (SSSR count). The van der Waals surface area contributed by atoms with E-state index in [0.29, 0.717) is 24.6 Å². The fraction of sp³-hybridized carbons (Fsp3) is 0.444. The van der Waals surface area contributed by atoms with Crippen molar-refractivity contribution in [1.82, 2.24) is 14.8 Å². The molecule has 2 N–H and O–H groups in total. The number of aromatic nitrogens is 1. The molecule has 33 heavy (non-hydrogen) atoms. The number of likely N-dealkylation sites (tertiary alicyclic amines) is 1. The summed E-state index contributed by atoms with van der Waals surface area (Å²) in [5, 5.41) is 11.2. The van der Waals surface area contributed by atoms with E-state index in [1.807, 2.05) is 18.2 Å². The lowest BCUT2D eigenvalue weighted by atomic mass is 9.69. The molecule has 1 amide bonds. The molecule has 2 aliphatic heterocycles. The van der Waals surface area contributed by atoms with Crippen LogP contribution in [0.4, 0.5) is 4.39 Å². The molecular formula is C27H30FN3O2. The number of aromatic amines is 1. The fourth-order valence-corrected chi connectivity index (χ4v) is 6.21. The Bertz CT molecular complexity index is 1210. The molecule has 2 aromatic carbocycles. The highest BCUT2D eigenvalue weighted by Crippen LogP contribution is 2.46. The highest BCUT2D eigenvalue weighted by molar-refractivity contribution is 5.87. The van der Waals surface area contributed by atoms with E-state index in [1.165, 1.54) is 18.1 Å². The zero-order valence-electron chi connectivity index (χ0n) is 18.8. The quantitative estimate of drug-likeness (QED) is 0.613. The number of carbonyl (C=O) groups is 1. The lowest BCUT2D eigenvalue weighted by molar-refractivity contribution is -0.140. The molecule has 1 spiro atoms. The van der Waals surface area contributed by atoms with E-state index in [4.69, 9.17) is 0 Å². The van der Waals surface area contributed by atoms with E-state index in [2.05, 4.69) is 14.8 Å². The minimum Gasteiger partial charge on any atom is -0.508 e. The number of hydrogen-bond acceptors (Lipinski definition) is 3. The zero-order valence-corrected chi connectivity index (χ0v) is 18.8. The number of carbonyl (C=O) groups excluding carboxylic acids is 1. The van der Waals surface area contributed by atoms with E-state index in [9.17, 15) is 14.3 Å². The predicted molar refractivity (Wildman–Crippen MR) is 125 cm³/mol. The van der Waals surface area contributed by atoms with E-state index in [1.54, 1.807) is 18.2 Å². The molecule has 0 bridgehead atoms. The van der Waals surface area contributed by atoms with Crippen molar-refractivity contribution in [2.75, 3.05) is 19.6 Å². The minimum atomic E-state index is -0.167. The summed E-state index contributed by atoms with van der Waals surface area (Å²) in [6.07, 6.45) is 5.05. The van der Waals surface area contributed by atoms with Crippen LogP contribution in [0, 0.1) is 11.7 Å². The highest BCUT2D eigenvalue weighted by atomic mass is 19.1. The van der Waals surface area contributed by atoms with Crippen molar-refractivity contribution in [2.45, 2.75) is 50.6 Å². The number of hydrogen-bond donors (Lipinski definition) is 2. The summed E-state index contributed by atoms with van der Waals surface area (Å²) in [7, 11) is 0. The number of amides is 1. The summed E-state index contributed by atoms with van der Waals surface area (Å²) in [5.41, 5.74) is 4.04. The van der Waals surface area contributed by atoms with Gasteiger partial charge in [-0.25, -0.2) is 4.39 Å². The summed E-state index contributed by atoms with van der Waals surface area (Å²) >= 11 is 0. The Balaban J connectivity index is 1.34. The number of aromatic hydroxyl groups is 1. The van der Waals surface area contributed by atoms with Crippen LogP contribution in [0.2, 0.25) is 0 Å². The third kappa shape index (κ3) is 3.52. The van der Waals surface area contributed by atoms with Crippen molar-refractivity contribution in [1.29, 1.82) is 0 Å². The largest absolute Gasteiger partial charge is 0.508 e. The molecule has 1 aromatic heterocycles. The first-order valence-electron chi connectivity index (χ1n) is 12.1. The van der Waals surface area contributed by atoms with Crippen LogP contribution >= 0.6 is 0 Å². The number of rotatable bonds is 3. The summed E-state index contributed by atoms with van der Waals surface area (Å²) in [6.45, 7) is 3.65. The first-order valence-corrected chi connectivity index (χ1v) is 12.1. The summed E-state index contributed by atoms with van der Waals surface area (Å²) in [4.78, 5) is 20.8. The Labute approximate surface area is 193 Å². The van der Waals surface area contributed by atoms with Gasteiger partial charge in [0.1, 0.15) is 11.6 Å². The monoisotopic (exact) mass is 447 g/mol. The Hall–Kier alpha value is -2.86. The maximum Gasteiger partial charge on any atom is 0.225 e. The van der Waals surface area contributed by atoms with Crippen molar-refractivity contribution in [2.24, 2.45) is 5.92 Å². The molecule has 2 fully saturated rings. The number of fused-ring (bicyclic) bond motifs is 4. The van der Waals surface area contributed by atoms with E-state index in [-0.39, 0.29) is 22.9 Å². The van der Waals surface area contributed by atoms with E-state index in [0.717, 1.165) is 61.9 Å². The van der Waals surface area contributed by atoms with Gasteiger partial charge in [0.25, 0.3) is 0 Å². The molecule has 0 atom stereocenters. The smallest absolute Gasteiger partial charge is 0.225 e. The first kappa shape index (κ1) is 20.7. The van der Waals surface area contributed by atoms with Crippen LogP contribution in [0.1, 0.15) is 48.9 Å². The van der Waals surface area contributed by atoms with Crippen LogP contribution < -0.4 is 0 Å². The number of piperidine rings is 1. The van der Waals surface area contributed by atoms with Crippen LogP contribution in [0.25, 0.3) is 10.9 Å². The van der Waals surface area contributed by atoms with Gasteiger partial charge in [0.05, 0.1) is 0 Å². The van der Waals surface area contributed by atoms with Crippen LogP contribution in [-0.4, -0.2) is 45.4 Å². The van der Waals surface area contributed by atoms with Crippen LogP contribution in [0.5, 0.6) is 5.75 Å². The van der Waals surface area contributed by atoms with Gasteiger partial charge in [-0.3, -0.25) is 9.69 Å². The molecule has 1 aliphatic carbocycles. The molecule has 6 heteroatoms. The fourth-order valence-electron chi connectivity index (χ4n) is 6.21. The molecule has 172 valence electrons. The van der Waals surface area contributed by atoms with Gasteiger partial charge in [-0.05, 0) is 49.4 Å². The molecule has 0 unspecified atom stereocenters. The maximum atomic E-state index is 14.4. The molecule has 3 heterocycles. The van der Waals surface area contributed by atoms with E-state index < -0.39 is 0 Å². The van der Waals surface area contributed by atoms with Crippen LogP contribution in [0.15, 0.2) is 42.5 Å². The third-order valence-corrected chi connectivity index (χ3v) is 8.14. The van der Waals surface area contributed by atoms with Gasteiger partial charge in [-0.15, -0.1) is 0 Å². The Morgan fingerprint density at radius 2 is 1.94 bits per heavy atom. The third-order valence-electron chi connectivity index (χ3n) is 8.14. The van der Waals surface area contributed by atoms with Gasteiger partial charge in [0.15, 0.2) is 0 Å². The number of H-pyrrole nitrogens is 1. The normalized spacial score (nSPS) is 20.7. The lowest BCUT2D eigenvalue weighted by Gasteiger charge is -2.48. The number of nitrogens with zero attached hydrogens (tertiary/aromatic N) is 2. The Kier molecular flexibility index (Phi) is 4.94. The van der Waals surface area contributed by atoms with E-state index >= 15 is 0 Å². The van der Waals surface area contributed by atoms with Crippen molar-refractivity contribution in [3.05, 3.63) is 65.1 Å². The topological polar surface area (TPSA) is 59.6 Å². The minimum absolute atomic E-state index is 0.0928. The van der Waals surface area contributed by atoms with Gasteiger partial charge >= 0.3 is 0 Å².